The molecule has 1 fully saturated rings. The van der Waals surface area contributed by atoms with Crippen LogP contribution in [0.4, 0.5) is 0 Å². The lowest BCUT2D eigenvalue weighted by Gasteiger charge is -2.41. The third kappa shape index (κ3) is 5.27. The van der Waals surface area contributed by atoms with Crippen molar-refractivity contribution in [2.24, 2.45) is 5.92 Å². The molecule has 1 unspecified atom stereocenters. The fourth-order valence-corrected chi connectivity index (χ4v) is 5.14. The quantitative estimate of drug-likeness (QED) is 0.507. The lowest BCUT2D eigenvalue weighted by atomic mass is 9.72. The van der Waals surface area contributed by atoms with Gasteiger partial charge >= 0.3 is 5.97 Å². The number of carbonyl (C=O) groups is 3. The van der Waals surface area contributed by atoms with Gasteiger partial charge in [0.15, 0.2) is 0 Å². The van der Waals surface area contributed by atoms with Crippen molar-refractivity contribution in [3.05, 3.63) is 83.9 Å². The Hall–Kier alpha value is -3.67. The van der Waals surface area contributed by atoms with Crippen LogP contribution in [0, 0.1) is 5.92 Å². The first-order chi connectivity index (χ1) is 17.3. The second kappa shape index (κ2) is 10.9. The van der Waals surface area contributed by atoms with Crippen LogP contribution >= 0.6 is 0 Å². The first-order valence-corrected chi connectivity index (χ1v) is 12.5. The van der Waals surface area contributed by atoms with E-state index in [4.69, 9.17) is 4.74 Å². The van der Waals surface area contributed by atoms with Gasteiger partial charge in [-0.2, -0.15) is 0 Å². The van der Waals surface area contributed by atoms with E-state index in [0.29, 0.717) is 25.9 Å². The standard InChI is InChI=1S/C30H34N2O4/c1-21(2)27(31-26(33)20-22-13-14-23-9-7-8-10-24(23)19-22)28(34)32-17-15-30(16-18-32,29(35)36-3)25-11-5-4-6-12-25/h4-14,19,21,27H,15-18,20H2,1-3H3,(H,31,33). The molecular weight excluding hydrogens is 452 g/mol. The molecule has 1 saturated heterocycles. The number of nitrogens with one attached hydrogen (secondary N) is 1. The van der Waals surface area contributed by atoms with E-state index in [1.54, 1.807) is 4.90 Å². The molecule has 1 N–H and O–H groups in total. The summed E-state index contributed by atoms with van der Waals surface area (Å²) in [6.07, 6.45) is 1.16. The number of benzene rings is 3. The van der Waals surface area contributed by atoms with E-state index in [0.717, 1.165) is 21.9 Å². The van der Waals surface area contributed by atoms with Crippen LogP contribution in [0.15, 0.2) is 72.8 Å². The molecule has 2 amide bonds. The van der Waals surface area contributed by atoms with Crippen molar-refractivity contribution in [3.8, 4) is 0 Å². The third-order valence-corrected chi connectivity index (χ3v) is 7.26. The Balaban J connectivity index is 1.43. The molecule has 188 valence electrons. The zero-order valence-corrected chi connectivity index (χ0v) is 21.2. The fraction of sp³-hybridized carbons (Fsp3) is 0.367. The van der Waals surface area contributed by atoms with Crippen LogP contribution in [0.25, 0.3) is 10.8 Å². The van der Waals surface area contributed by atoms with Crippen LogP contribution in [-0.4, -0.2) is 48.9 Å². The number of likely N-dealkylation sites (tertiary alicyclic amines) is 1. The molecule has 0 spiro atoms. The Labute approximate surface area is 212 Å². The van der Waals surface area contributed by atoms with Gasteiger partial charge in [-0.1, -0.05) is 86.6 Å². The number of hydrogen-bond donors (Lipinski definition) is 1. The van der Waals surface area contributed by atoms with Crippen LogP contribution in [0.1, 0.15) is 37.8 Å². The van der Waals surface area contributed by atoms with Gasteiger partial charge < -0.3 is 15.0 Å². The number of piperidine rings is 1. The molecule has 0 saturated carbocycles. The Morgan fingerprint density at radius 1 is 0.917 bits per heavy atom. The summed E-state index contributed by atoms with van der Waals surface area (Å²) in [6.45, 7) is 4.72. The average Bonchev–Trinajstić information content (AvgIpc) is 2.91. The summed E-state index contributed by atoms with van der Waals surface area (Å²) in [6, 6.07) is 23.0. The second-order valence-corrected chi connectivity index (χ2v) is 9.91. The fourth-order valence-electron chi connectivity index (χ4n) is 5.14. The van der Waals surface area contributed by atoms with Crippen molar-refractivity contribution < 1.29 is 19.1 Å². The molecule has 3 aromatic rings. The van der Waals surface area contributed by atoms with E-state index >= 15 is 0 Å². The van der Waals surface area contributed by atoms with E-state index in [9.17, 15) is 14.4 Å². The molecule has 6 nitrogen and oxygen atoms in total. The van der Waals surface area contributed by atoms with Gasteiger partial charge in [0.05, 0.1) is 18.9 Å². The maximum atomic E-state index is 13.5. The molecule has 0 radical (unpaired) electrons. The number of ether oxygens (including phenoxy) is 1. The Bertz CT molecular complexity index is 1230. The molecule has 0 aromatic heterocycles. The van der Waals surface area contributed by atoms with Gasteiger partial charge in [-0.05, 0) is 40.7 Å². The Kier molecular flexibility index (Phi) is 7.73. The number of esters is 1. The molecule has 1 aliphatic heterocycles. The topological polar surface area (TPSA) is 75.7 Å². The smallest absolute Gasteiger partial charge is 0.316 e. The lowest BCUT2D eigenvalue weighted by Crippen LogP contribution is -2.56. The van der Waals surface area contributed by atoms with Crippen LogP contribution in [-0.2, 0) is 31.0 Å². The van der Waals surface area contributed by atoms with Gasteiger partial charge in [-0.3, -0.25) is 14.4 Å². The SMILES string of the molecule is COC(=O)C1(c2ccccc2)CCN(C(=O)C(NC(=O)Cc2ccc3ccccc3c2)C(C)C)CC1. The zero-order chi connectivity index (χ0) is 25.7. The highest BCUT2D eigenvalue weighted by molar-refractivity contribution is 5.90. The largest absolute Gasteiger partial charge is 0.468 e. The highest BCUT2D eigenvalue weighted by atomic mass is 16.5. The number of fused-ring (bicyclic) bond motifs is 1. The summed E-state index contributed by atoms with van der Waals surface area (Å²) < 4.78 is 5.17. The Morgan fingerprint density at radius 3 is 2.19 bits per heavy atom. The third-order valence-electron chi connectivity index (χ3n) is 7.26. The minimum absolute atomic E-state index is 0.0699. The van der Waals surface area contributed by atoms with Crippen molar-refractivity contribution in [3.63, 3.8) is 0 Å². The summed E-state index contributed by atoms with van der Waals surface area (Å²) in [7, 11) is 1.41. The van der Waals surface area contributed by atoms with Gasteiger partial charge in [0.2, 0.25) is 11.8 Å². The molecule has 36 heavy (non-hydrogen) atoms. The first kappa shape index (κ1) is 25.4. The minimum atomic E-state index is -0.764. The summed E-state index contributed by atoms with van der Waals surface area (Å²) in [5.74, 6) is -0.629. The maximum absolute atomic E-state index is 13.5. The van der Waals surface area contributed by atoms with Gasteiger partial charge in [-0.15, -0.1) is 0 Å². The maximum Gasteiger partial charge on any atom is 0.316 e. The second-order valence-electron chi connectivity index (χ2n) is 9.91. The van der Waals surface area contributed by atoms with Crippen LogP contribution in [0.2, 0.25) is 0 Å². The van der Waals surface area contributed by atoms with Crippen molar-refractivity contribution in [1.82, 2.24) is 10.2 Å². The molecular formula is C30H34N2O4. The number of rotatable bonds is 7. The van der Waals surface area contributed by atoms with Crippen molar-refractivity contribution in [2.75, 3.05) is 20.2 Å². The van der Waals surface area contributed by atoms with Crippen LogP contribution < -0.4 is 5.32 Å². The van der Waals surface area contributed by atoms with Crippen LogP contribution in [0.3, 0.4) is 0 Å². The van der Waals surface area contributed by atoms with E-state index in [1.807, 2.05) is 86.6 Å². The molecule has 0 bridgehead atoms. The molecule has 1 aliphatic rings. The van der Waals surface area contributed by atoms with Gasteiger partial charge in [0.25, 0.3) is 0 Å². The lowest BCUT2D eigenvalue weighted by molar-refractivity contribution is -0.152. The molecule has 1 atom stereocenters. The van der Waals surface area contributed by atoms with E-state index in [-0.39, 0.29) is 30.1 Å². The Morgan fingerprint density at radius 2 is 1.56 bits per heavy atom. The highest BCUT2D eigenvalue weighted by Crippen LogP contribution is 2.37. The number of hydrogen-bond acceptors (Lipinski definition) is 4. The summed E-state index contributed by atoms with van der Waals surface area (Å²) in [5, 5.41) is 5.18. The normalized spacial score (nSPS) is 15.9. The molecule has 6 heteroatoms. The predicted octanol–water partition coefficient (Wildman–Crippen LogP) is 4.26. The summed E-state index contributed by atoms with van der Waals surface area (Å²) >= 11 is 0. The highest BCUT2D eigenvalue weighted by Gasteiger charge is 2.45. The zero-order valence-electron chi connectivity index (χ0n) is 21.2. The van der Waals surface area contributed by atoms with E-state index in [2.05, 4.69) is 5.32 Å². The first-order valence-electron chi connectivity index (χ1n) is 12.5. The van der Waals surface area contributed by atoms with Crippen molar-refractivity contribution in [1.29, 1.82) is 0 Å². The van der Waals surface area contributed by atoms with Crippen molar-refractivity contribution in [2.45, 2.75) is 44.6 Å². The molecule has 3 aromatic carbocycles. The number of methoxy groups -OCH3 is 1. The van der Waals surface area contributed by atoms with E-state index < -0.39 is 11.5 Å². The minimum Gasteiger partial charge on any atom is -0.468 e. The van der Waals surface area contributed by atoms with Crippen molar-refractivity contribution >= 4 is 28.6 Å². The number of nitrogens with zero attached hydrogens (tertiary/aromatic N) is 1. The molecule has 0 aliphatic carbocycles. The predicted molar refractivity (Wildman–Crippen MR) is 140 cm³/mol. The monoisotopic (exact) mass is 486 g/mol. The summed E-state index contributed by atoms with van der Waals surface area (Å²) in [4.78, 5) is 41.0. The molecule has 4 rings (SSSR count). The van der Waals surface area contributed by atoms with Gasteiger partial charge in [0.1, 0.15) is 6.04 Å². The average molecular weight is 487 g/mol. The number of amides is 2. The van der Waals surface area contributed by atoms with E-state index in [1.165, 1.54) is 7.11 Å². The summed E-state index contributed by atoms with van der Waals surface area (Å²) in [5.41, 5.74) is 1.05. The number of carbonyl (C=O) groups excluding carboxylic acids is 3. The van der Waals surface area contributed by atoms with Gasteiger partial charge in [-0.25, -0.2) is 0 Å². The van der Waals surface area contributed by atoms with Crippen LogP contribution in [0.5, 0.6) is 0 Å². The van der Waals surface area contributed by atoms with Gasteiger partial charge in [0, 0.05) is 13.1 Å². The molecule has 1 heterocycles.